The Morgan fingerprint density at radius 2 is 1.91 bits per heavy atom. The van der Waals surface area contributed by atoms with E-state index in [2.05, 4.69) is 26.2 Å². The molecule has 7 nitrogen and oxygen atoms in total. The van der Waals surface area contributed by atoms with Gasteiger partial charge >= 0.3 is 5.97 Å². The van der Waals surface area contributed by atoms with E-state index >= 15 is 0 Å². The summed E-state index contributed by atoms with van der Waals surface area (Å²) in [6.07, 6.45) is 1.24. The van der Waals surface area contributed by atoms with Gasteiger partial charge in [0.1, 0.15) is 0 Å². The summed E-state index contributed by atoms with van der Waals surface area (Å²) in [5, 5.41) is 10.8. The summed E-state index contributed by atoms with van der Waals surface area (Å²) >= 11 is 9.84. The maximum atomic E-state index is 12.7. The van der Waals surface area contributed by atoms with E-state index in [0.717, 1.165) is 17.3 Å². The van der Waals surface area contributed by atoms with E-state index in [-0.39, 0.29) is 30.0 Å². The zero-order valence-corrected chi connectivity index (χ0v) is 22.3. The summed E-state index contributed by atoms with van der Waals surface area (Å²) in [5.74, 6) is -0.984. The number of hydrogen-bond donors (Lipinski definition) is 3. The van der Waals surface area contributed by atoms with Gasteiger partial charge in [0.05, 0.1) is 11.4 Å². The quantitative estimate of drug-likeness (QED) is 0.308. The van der Waals surface area contributed by atoms with E-state index in [1.165, 1.54) is 0 Å². The summed E-state index contributed by atoms with van der Waals surface area (Å²) in [6, 6.07) is 12.6. The van der Waals surface area contributed by atoms with Gasteiger partial charge in [0, 0.05) is 33.6 Å². The SMILES string of the molecule is Br.CCO.NCCCCCC(=O)OC1N=C(c2ccccc2Cl)c2cc(Br)ccc2NC1=O. The minimum atomic E-state index is -1.30. The number of benzene rings is 2. The number of nitrogens with one attached hydrogen (secondary N) is 1. The fraction of sp³-hybridized carbons (Fsp3) is 0.348. The van der Waals surface area contributed by atoms with Crippen molar-refractivity contribution < 1.29 is 19.4 Å². The third-order valence-electron chi connectivity index (χ3n) is 4.42. The fourth-order valence-corrected chi connectivity index (χ4v) is 3.57. The molecule has 0 saturated heterocycles. The first-order valence-electron chi connectivity index (χ1n) is 10.3. The molecule has 0 bridgehead atoms. The number of carbonyl (C=O) groups is 2. The zero-order chi connectivity index (χ0) is 23.5. The number of nitrogens with zero attached hydrogens (tertiary/aromatic N) is 1. The Bertz CT molecular complexity index is 972. The summed E-state index contributed by atoms with van der Waals surface area (Å²) < 4.78 is 6.21. The number of unbranched alkanes of at least 4 members (excludes halogenated alkanes) is 2. The highest BCUT2D eigenvalue weighted by molar-refractivity contribution is 9.10. The van der Waals surface area contributed by atoms with Crippen molar-refractivity contribution in [2.75, 3.05) is 18.5 Å². The topological polar surface area (TPSA) is 114 Å². The van der Waals surface area contributed by atoms with E-state index in [9.17, 15) is 9.59 Å². The lowest BCUT2D eigenvalue weighted by Crippen LogP contribution is -2.30. The van der Waals surface area contributed by atoms with Crippen molar-refractivity contribution in [3.05, 3.63) is 63.1 Å². The molecule has 0 fully saturated rings. The summed E-state index contributed by atoms with van der Waals surface area (Å²) in [4.78, 5) is 29.4. The molecule has 1 aliphatic rings. The molecule has 10 heteroatoms. The Kier molecular flexibility index (Phi) is 13.5. The minimum Gasteiger partial charge on any atom is -0.430 e. The molecule has 0 radical (unpaired) electrons. The van der Waals surface area contributed by atoms with Crippen LogP contribution in [0.4, 0.5) is 5.69 Å². The number of hydrogen-bond acceptors (Lipinski definition) is 6. The van der Waals surface area contributed by atoms with Crippen LogP contribution in [0.15, 0.2) is 51.9 Å². The number of rotatable bonds is 7. The number of aliphatic hydroxyl groups excluding tert-OH is 1. The van der Waals surface area contributed by atoms with Crippen LogP contribution in [0.25, 0.3) is 0 Å². The number of aliphatic hydroxyl groups is 1. The highest BCUT2D eigenvalue weighted by Crippen LogP contribution is 2.30. The largest absolute Gasteiger partial charge is 0.430 e. The monoisotopic (exact) mass is 603 g/mol. The Morgan fingerprint density at radius 3 is 2.58 bits per heavy atom. The van der Waals surface area contributed by atoms with Gasteiger partial charge in [-0.2, -0.15) is 0 Å². The minimum absolute atomic E-state index is 0. The van der Waals surface area contributed by atoms with E-state index in [0.29, 0.717) is 40.5 Å². The molecule has 0 spiro atoms. The van der Waals surface area contributed by atoms with Crippen LogP contribution in [0.5, 0.6) is 0 Å². The van der Waals surface area contributed by atoms with Crippen molar-refractivity contribution in [2.45, 2.75) is 38.8 Å². The van der Waals surface area contributed by atoms with Gasteiger partial charge in [-0.3, -0.25) is 9.59 Å². The van der Waals surface area contributed by atoms with Crippen LogP contribution in [0.1, 0.15) is 43.7 Å². The van der Waals surface area contributed by atoms with E-state index in [1.807, 2.05) is 30.3 Å². The van der Waals surface area contributed by atoms with Gasteiger partial charge in [0.25, 0.3) is 12.1 Å². The molecule has 180 valence electrons. The number of carbonyl (C=O) groups excluding carboxylic acids is 2. The van der Waals surface area contributed by atoms with E-state index < -0.39 is 18.1 Å². The molecule has 0 aliphatic carbocycles. The Labute approximate surface area is 217 Å². The maximum Gasteiger partial charge on any atom is 0.308 e. The van der Waals surface area contributed by atoms with Gasteiger partial charge in [-0.25, -0.2) is 4.99 Å². The highest BCUT2D eigenvalue weighted by atomic mass is 79.9. The van der Waals surface area contributed by atoms with Gasteiger partial charge in [0.15, 0.2) is 0 Å². The van der Waals surface area contributed by atoms with Crippen molar-refractivity contribution in [3.63, 3.8) is 0 Å². The van der Waals surface area contributed by atoms with Crippen LogP contribution < -0.4 is 11.1 Å². The lowest BCUT2D eigenvalue weighted by molar-refractivity contribution is -0.153. The average Bonchev–Trinajstić information content (AvgIpc) is 2.89. The van der Waals surface area contributed by atoms with Crippen molar-refractivity contribution in [1.29, 1.82) is 0 Å². The Morgan fingerprint density at radius 1 is 1.21 bits per heavy atom. The summed E-state index contributed by atoms with van der Waals surface area (Å²) in [5.41, 5.74) is 7.84. The van der Waals surface area contributed by atoms with Crippen molar-refractivity contribution >= 4 is 67.8 Å². The molecule has 1 amide bonds. The summed E-state index contributed by atoms with van der Waals surface area (Å²) in [7, 11) is 0. The molecule has 33 heavy (non-hydrogen) atoms. The second-order valence-electron chi connectivity index (χ2n) is 6.89. The molecule has 1 heterocycles. The van der Waals surface area contributed by atoms with Gasteiger partial charge in [0.2, 0.25) is 0 Å². The third kappa shape index (κ3) is 8.83. The molecule has 2 aromatic rings. The predicted octanol–water partition coefficient (Wildman–Crippen LogP) is 4.86. The van der Waals surface area contributed by atoms with Gasteiger partial charge in [-0.15, -0.1) is 17.0 Å². The number of amides is 1. The number of halogens is 3. The van der Waals surface area contributed by atoms with E-state index in [4.69, 9.17) is 27.2 Å². The number of nitrogens with two attached hydrogens (primary N) is 1. The van der Waals surface area contributed by atoms with Crippen LogP contribution in [-0.2, 0) is 14.3 Å². The van der Waals surface area contributed by atoms with Crippen LogP contribution in [0.3, 0.4) is 0 Å². The Balaban J connectivity index is 0.00000129. The molecule has 1 atom stereocenters. The van der Waals surface area contributed by atoms with Gasteiger partial charge in [-0.05, 0) is 50.6 Å². The maximum absolute atomic E-state index is 12.7. The third-order valence-corrected chi connectivity index (χ3v) is 5.25. The fourth-order valence-electron chi connectivity index (χ4n) is 2.98. The first-order valence-corrected chi connectivity index (χ1v) is 11.5. The van der Waals surface area contributed by atoms with Crippen LogP contribution in [-0.4, -0.2) is 42.1 Å². The Hall–Kier alpha value is -1.78. The molecule has 4 N–H and O–H groups in total. The number of anilines is 1. The van der Waals surface area contributed by atoms with Crippen molar-refractivity contribution in [2.24, 2.45) is 10.7 Å². The van der Waals surface area contributed by atoms with Gasteiger partial charge in [-0.1, -0.05) is 52.2 Å². The average molecular weight is 606 g/mol. The van der Waals surface area contributed by atoms with Crippen LogP contribution >= 0.6 is 44.5 Å². The number of ether oxygens (including phenoxy) is 1. The molecular formula is C23H28Br2ClN3O4. The second-order valence-corrected chi connectivity index (χ2v) is 8.22. The molecule has 0 saturated carbocycles. The number of fused-ring (bicyclic) bond motifs is 1. The van der Waals surface area contributed by atoms with Crippen molar-refractivity contribution in [3.8, 4) is 0 Å². The molecule has 1 unspecified atom stereocenters. The van der Waals surface area contributed by atoms with Gasteiger partial charge < -0.3 is 20.9 Å². The predicted molar refractivity (Wildman–Crippen MR) is 140 cm³/mol. The normalized spacial score (nSPS) is 14.4. The smallest absolute Gasteiger partial charge is 0.308 e. The first kappa shape index (κ1) is 29.3. The number of benzodiazepines with no additional fused rings is 1. The summed E-state index contributed by atoms with van der Waals surface area (Å²) in [6.45, 7) is 2.51. The zero-order valence-electron chi connectivity index (χ0n) is 18.2. The molecule has 1 aliphatic heterocycles. The molecular weight excluding hydrogens is 578 g/mol. The van der Waals surface area contributed by atoms with Crippen LogP contribution in [0.2, 0.25) is 5.02 Å². The lowest BCUT2D eigenvalue weighted by Gasteiger charge is -2.13. The van der Waals surface area contributed by atoms with E-state index in [1.54, 1.807) is 19.1 Å². The number of esters is 1. The lowest BCUT2D eigenvalue weighted by atomic mass is 10.0. The van der Waals surface area contributed by atoms with Crippen LogP contribution in [0, 0.1) is 0 Å². The molecule has 2 aromatic carbocycles. The standard InChI is InChI=1S/C21H21BrClN3O3.C2H6O.BrH/c22-13-9-10-17-15(12-13)19(14-6-3-4-7-16(14)23)26-21(20(28)25-17)29-18(27)8-2-1-5-11-24;1-2-3;/h3-4,6-7,9-10,12,21H,1-2,5,8,11,24H2,(H,25,28);3H,2H2,1H3;1H. The molecule has 3 rings (SSSR count). The highest BCUT2D eigenvalue weighted by Gasteiger charge is 2.29. The van der Waals surface area contributed by atoms with Crippen molar-refractivity contribution in [1.82, 2.24) is 0 Å². The second kappa shape index (κ2) is 15.2. The first-order chi connectivity index (χ1) is 15.4. The number of aliphatic imine (C=N–C) groups is 1. The molecule has 0 aromatic heterocycles.